The fourth-order valence-corrected chi connectivity index (χ4v) is 11.0. The molecule has 302 valence electrons. The Labute approximate surface area is 326 Å². The van der Waals surface area contributed by atoms with E-state index in [0.29, 0.717) is 41.6 Å². The smallest absolute Gasteiger partial charge is 0.408 e. The third-order valence-electron chi connectivity index (χ3n) is 13.1. The summed E-state index contributed by atoms with van der Waals surface area (Å²) in [6.45, 7) is 3.77. The van der Waals surface area contributed by atoms with Crippen LogP contribution in [0.1, 0.15) is 102 Å². The highest BCUT2D eigenvalue weighted by molar-refractivity contribution is 7.91. The highest BCUT2D eigenvalue weighted by atomic mass is 32.2. The Morgan fingerprint density at radius 3 is 2.39 bits per heavy atom. The molecule has 0 unspecified atom stereocenters. The molecule has 14 nitrogen and oxygen atoms in total. The van der Waals surface area contributed by atoms with Crippen molar-refractivity contribution >= 4 is 44.7 Å². The van der Waals surface area contributed by atoms with Gasteiger partial charge in [-0.05, 0) is 94.6 Å². The van der Waals surface area contributed by atoms with E-state index in [9.17, 15) is 32.4 Å². The van der Waals surface area contributed by atoms with Gasteiger partial charge in [-0.25, -0.2) is 13.2 Å². The summed E-state index contributed by atoms with van der Waals surface area (Å²) < 4.78 is 40.4. The maximum atomic E-state index is 14.8. The number of nitrogens with one attached hydrogen (secondary N) is 4. The fraction of sp³-hybridized carbons (Fsp3) is 0.634. The number of benzene rings is 1. The van der Waals surface area contributed by atoms with Crippen LogP contribution in [0, 0.1) is 17.8 Å². The van der Waals surface area contributed by atoms with Gasteiger partial charge < -0.3 is 30.0 Å². The summed E-state index contributed by atoms with van der Waals surface area (Å²) in [6, 6.07) is 5.14. The normalized spacial score (nSPS) is 31.5. The second-order valence-electron chi connectivity index (χ2n) is 16.9. The molecule has 5 fully saturated rings. The van der Waals surface area contributed by atoms with E-state index in [0.717, 1.165) is 70.6 Å². The minimum absolute atomic E-state index is 0.0221. The number of sulfonamides is 1. The minimum atomic E-state index is -3.91. The number of alkyl carbamates (subject to hydrolysis) is 1. The van der Waals surface area contributed by atoms with Crippen molar-refractivity contribution in [2.24, 2.45) is 17.8 Å². The Kier molecular flexibility index (Phi) is 10.7. The van der Waals surface area contributed by atoms with Crippen LogP contribution >= 0.6 is 0 Å². The number of hydrogen-bond donors (Lipinski definition) is 4. The average Bonchev–Trinajstić information content (AvgIpc) is 3.96. The molecule has 15 heteroatoms. The van der Waals surface area contributed by atoms with E-state index < -0.39 is 68.7 Å². The van der Waals surface area contributed by atoms with Crippen LogP contribution in [0.3, 0.4) is 0 Å². The number of fused-ring (bicyclic) bond motifs is 5. The molecule has 2 aliphatic heterocycles. The van der Waals surface area contributed by atoms with Gasteiger partial charge in [-0.15, -0.1) is 6.58 Å². The van der Waals surface area contributed by atoms with Gasteiger partial charge in [0.1, 0.15) is 29.8 Å². The zero-order chi connectivity index (χ0) is 39.2. The zero-order valence-corrected chi connectivity index (χ0v) is 32.6. The molecule has 2 bridgehead atoms. The third kappa shape index (κ3) is 7.67. The van der Waals surface area contributed by atoms with Gasteiger partial charge >= 0.3 is 6.09 Å². The van der Waals surface area contributed by atoms with Crippen molar-refractivity contribution < 1.29 is 37.1 Å². The van der Waals surface area contributed by atoms with Crippen molar-refractivity contribution in [3.8, 4) is 5.88 Å². The molecule has 3 heterocycles. The van der Waals surface area contributed by atoms with E-state index in [1.165, 1.54) is 11.0 Å². The second kappa shape index (κ2) is 15.5. The van der Waals surface area contributed by atoms with Crippen LogP contribution < -0.4 is 25.5 Å². The molecule has 4 N–H and O–H groups in total. The molecular formula is C41H53N5O9S. The van der Waals surface area contributed by atoms with E-state index in [1.807, 2.05) is 12.1 Å². The largest absolute Gasteiger partial charge is 0.473 e. The molecule has 0 spiro atoms. The monoisotopic (exact) mass is 791 g/mol. The summed E-state index contributed by atoms with van der Waals surface area (Å²) in [5.41, 5.74) is -0.570. The van der Waals surface area contributed by atoms with E-state index in [-0.39, 0.29) is 42.8 Å². The molecule has 6 aliphatic rings. The van der Waals surface area contributed by atoms with Crippen molar-refractivity contribution in [3.63, 3.8) is 0 Å². The number of amides is 4. The molecule has 1 saturated heterocycles. The van der Waals surface area contributed by atoms with Crippen LogP contribution in [-0.2, 0) is 35.6 Å². The maximum Gasteiger partial charge on any atom is 0.408 e. The number of H-pyrrole nitrogens is 1. The lowest BCUT2D eigenvalue weighted by Crippen LogP contribution is -2.59. The van der Waals surface area contributed by atoms with Crippen molar-refractivity contribution in [1.29, 1.82) is 0 Å². The number of ether oxygens (including phenoxy) is 2. The summed E-state index contributed by atoms with van der Waals surface area (Å²) in [5, 5.41) is 5.68. The highest BCUT2D eigenvalue weighted by Gasteiger charge is 2.62. The van der Waals surface area contributed by atoms with E-state index in [2.05, 4.69) is 26.9 Å². The molecule has 4 saturated carbocycles. The van der Waals surface area contributed by atoms with Crippen LogP contribution in [0.25, 0.3) is 10.9 Å². The third-order valence-corrected chi connectivity index (χ3v) is 14.9. The maximum absolute atomic E-state index is 14.8. The van der Waals surface area contributed by atoms with Gasteiger partial charge in [0.25, 0.3) is 5.91 Å². The predicted molar refractivity (Wildman–Crippen MR) is 207 cm³/mol. The molecule has 2 aromatic rings. The Morgan fingerprint density at radius 2 is 1.64 bits per heavy atom. The predicted octanol–water partition coefficient (Wildman–Crippen LogP) is 4.12. The van der Waals surface area contributed by atoms with Crippen molar-refractivity contribution in [3.05, 3.63) is 52.7 Å². The summed E-state index contributed by atoms with van der Waals surface area (Å²) in [4.78, 5) is 75.2. The lowest BCUT2D eigenvalue weighted by Gasteiger charge is -2.32. The van der Waals surface area contributed by atoms with Crippen LogP contribution in [0.15, 0.2) is 41.7 Å². The number of para-hydroxylation sites is 1. The quantitative estimate of drug-likeness (QED) is 0.299. The molecule has 4 amide bonds. The summed E-state index contributed by atoms with van der Waals surface area (Å²) >= 11 is 0. The van der Waals surface area contributed by atoms with Crippen molar-refractivity contribution in [1.82, 2.24) is 25.2 Å². The zero-order valence-electron chi connectivity index (χ0n) is 31.8. The number of carbonyl (C=O) groups is 4. The van der Waals surface area contributed by atoms with Crippen LogP contribution in [0.4, 0.5) is 4.79 Å². The van der Waals surface area contributed by atoms with Gasteiger partial charge in [0.15, 0.2) is 11.3 Å². The molecule has 0 radical (unpaired) electrons. The van der Waals surface area contributed by atoms with Gasteiger partial charge in [-0.2, -0.15) is 0 Å². The standard InChI is InChI=1S/C41H53N5O9S/c1-2-26-22-41(26,39(50)45-56(52,53)28-19-20-28)44-36(48)32-21-27-23-46(32)38(49)34(25-12-6-7-13-25)43-40(51)55-33-18-10-14-24(33)11-4-3-5-16-30-35(47)29-15-8-9-17-31(29)42-37(30)54-27/h2,8-9,15,17,24-28,32-34H,1,3-7,10-14,16,18-23H2,(H,42,47)(H,43,51)(H,44,48)(H,45,50)/t24-,26-,27-,32+,33-,34+,41+/m1/s1. The summed E-state index contributed by atoms with van der Waals surface area (Å²) in [5.74, 6) is -2.12. The number of pyridine rings is 1. The first-order valence-electron chi connectivity index (χ1n) is 20.6. The van der Waals surface area contributed by atoms with Gasteiger partial charge in [0.05, 0.1) is 22.9 Å². The fourth-order valence-electron chi connectivity index (χ4n) is 9.66. The molecule has 56 heavy (non-hydrogen) atoms. The first-order valence-corrected chi connectivity index (χ1v) is 22.1. The average molecular weight is 792 g/mol. The SMILES string of the molecule is C=C[C@@H]1C[C@@]1(NC(=O)[C@@H]1C[C@@H]2CN1C(=O)[C@H](C1CCCC1)NC(=O)O[C@@H]1CCC[C@H]1CCCCCc1c([nH]c3ccccc3c1=O)O2)C(=O)NS(=O)(=O)C1CC1. The Hall–Kier alpha value is -4.40. The van der Waals surface area contributed by atoms with E-state index >= 15 is 0 Å². The van der Waals surface area contributed by atoms with Crippen LogP contribution in [-0.4, -0.2) is 83.7 Å². The molecule has 8 rings (SSSR count). The van der Waals surface area contributed by atoms with E-state index in [4.69, 9.17) is 9.47 Å². The molecule has 1 aromatic heterocycles. The molecule has 4 aliphatic carbocycles. The number of rotatable bonds is 7. The highest BCUT2D eigenvalue weighted by Crippen LogP contribution is 2.46. The van der Waals surface area contributed by atoms with Gasteiger partial charge in [-0.1, -0.05) is 43.9 Å². The van der Waals surface area contributed by atoms with Crippen molar-refractivity contribution in [2.75, 3.05) is 6.54 Å². The number of hydrogen-bond acceptors (Lipinski definition) is 9. The van der Waals surface area contributed by atoms with Gasteiger partial charge in [-0.3, -0.25) is 23.9 Å². The van der Waals surface area contributed by atoms with Gasteiger partial charge in [0, 0.05) is 17.7 Å². The minimum Gasteiger partial charge on any atom is -0.473 e. The number of nitrogens with zero attached hydrogens (tertiary/aromatic N) is 1. The van der Waals surface area contributed by atoms with Crippen LogP contribution in [0.5, 0.6) is 5.88 Å². The first kappa shape index (κ1) is 38.5. The van der Waals surface area contributed by atoms with Crippen molar-refractivity contribution in [2.45, 2.75) is 138 Å². The number of aromatic nitrogens is 1. The first-order chi connectivity index (χ1) is 27.0. The molecule has 1 aromatic carbocycles. The Bertz CT molecular complexity index is 2060. The van der Waals surface area contributed by atoms with E-state index in [1.54, 1.807) is 12.1 Å². The number of carbonyl (C=O) groups excluding carboxylic acids is 4. The number of aromatic amines is 1. The Morgan fingerprint density at radius 1 is 0.911 bits per heavy atom. The lowest BCUT2D eigenvalue weighted by atomic mass is 9.96. The van der Waals surface area contributed by atoms with Crippen LogP contribution in [0.2, 0.25) is 0 Å². The lowest BCUT2D eigenvalue weighted by molar-refractivity contribution is -0.142. The Balaban J connectivity index is 1.13. The summed E-state index contributed by atoms with van der Waals surface area (Å²) in [6.07, 6.45) is 10.8. The van der Waals surface area contributed by atoms with Gasteiger partial charge in [0.2, 0.25) is 21.8 Å². The topological polar surface area (TPSA) is 193 Å². The summed E-state index contributed by atoms with van der Waals surface area (Å²) in [7, 11) is -3.91. The molecular weight excluding hydrogens is 739 g/mol. The second-order valence-corrected chi connectivity index (χ2v) is 18.8. The molecule has 7 atom stereocenters.